The van der Waals surface area contributed by atoms with Gasteiger partial charge in [0.2, 0.25) is 0 Å². The zero-order valence-electron chi connectivity index (χ0n) is 14.8. The number of aryl methyl sites for hydroxylation is 1. The Morgan fingerprint density at radius 2 is 1.62 bits per heavy atom. The number of halogens is 2. The van der Waals surface area contributed by atoms with Gasteiger partial charge in [0.25, 0.3) is 0 Å². The molecule has 6 heteroatoms. The number of hydrogen-bond acceptors (Lipinski definition) is 4. The second-order valence-corrected chi connectivity index (χ2v) is 7.51. The molecule has 0 aliphatic carbocycles. The van der Waals surface area contributed by atoms with Gasteiger partial charge in [0.15, 0.2) is 24.1 Å². The van der Waals surface area contributed by atoms with Crippen molar-refractivity contribution in [2.45, 2.75) is 57.8 Å². The van der Waals surface area contributed by atoms with Gasteiger partial charge in [0, 0.05) is 6.42 Å². The minimum absolute atomic E-state index is 0.253. The molecular weight excluding hydrogens is 375 g/mol. The fraction of sp³-hybridized carbons (Fsp3) is 0.550. The molecule has 4 nitrogen and oxygen atoms in total. The molecule has 142 valence electrons. The molecule has 1 aliphatic rings. The summed E-state index contributed by atoms with van der Waals surface area (Å²) in [5.41, 5.74) is 1.21. The van der Waals surface area contributed by atoms with Crippen molar-refractivity contribution in [2.75, 3.05) is 6.61 Å². The molecule has 1 heterocycles. The molecule has 0 spiro atoms. The number of unbranched alkanes of at least 4 members (excludes halogenated alkanes) is 6. The third-order valence-electron chi connectivity index (χ3n) is 4.61. The van der Waals surface area contributed by atoms with E-state index < -0.39 is 17.7 Å². The topological polar surface area (TPSA) is 60.4 Å². The van der Waals surface area contributed by atoms with Gasteiger partial charge in [-0.3, -0.25) is 14.4 Å². The van der Waals surface area contributed by atoms with E-state index in [9.17, 15) is 14.4 Å². The van der Waals surface area contributed by atoms with E-state index in [0.29, 0.717) is 10.0 Å². The zero-order chi connectivity index (χ0) is 18.9. The highest BCUT2D eigenvalue weighted by atomic mass is 35.5. The molecule has 1 atom stereocenters. The minimum atomic E-state index is -1.16. The normalized spacial score (nSPS) is 16.8. The second kappa shape index (κ2) is 10.7. The molecule has 1 aromatic rings. The van der Waals surface area contributed by atoms with Crippen LogP contribution in [-0.4, -0.2) is 24.1 Å². The largest absolute Gasteiger partial charge is 0.457 e. The lowest BCUT2D eigenvalue weighted by molar-refractivity contribution is -0.144. The summed E-state index contributed by atoms with van der Waals surface area (Å²) in [6.07, 6.45) is 8.54. The van der Waals surface area contributed by atoms with Crippen LogP contribution in [0.1, 0.15) is 56.9 Å². The molecule has 1 fully saturated rings. The number of carbonyl (C=O) groups excluding carboxylic acids is 3. The second-order valence-electron chi connectivity index (χ2n) is 6.70. The Kier molecular flexibility index (Phi) is 8.60. The Hall–Kier alpha value is -1.39. The highest BCUT2D eigenvalue weighted by molar-refractivity contribution is 6.42. The van der Waals surface area contributed by atoms with Crippen molar-refractivity contribution >= 4 is 40.7 Å². The summed E-state index contributed by atoms with van der Waals surface area (Å²) in [6.45, 7) is -0.253. The predicted molar refractivity (Wildman–Crippen MR) is 102 cm³/mol. The summed E-state index contributed by atoms with van der Waals surface area (Å²) in [7, 11) is 0. The lowest BCUT2D eigenvalue weighted by Gasteiger charge is -2.05. The number of ether oxygens (including phenoxy) is 1. The molecule has 0 aromatic heterocycles. The van der Waals surface area contributed by atoms with Gasteiger partial charge >= 0.3 is 5.97 Å². The smallest absolute Gasteiger partial charge is 0.324 e. The van der Waals surface area contributed by atoms with Crippen LogP contribution in [0.2, 0.25) is 10.0 Å². The van der Waals surface area contributed by atoms with Crippen molar-refractivity contribution in [1.29, 1.82) is 0 Å². The van der Waals surface area contributed by atoms with Gasteiger partial charge in [-0.05, 0) is 37.0 Å². The maximum atomic E-state index is 11.9. The van der Waals surface area contributed by atoms with Crippen LogP contribution in [0, 0.1) is 5.92 Å². The van der Waals surface area contributed by atoms with Crippen molar-refractivity contribution in [3.8, 4) is 0 Å². The summed E-state index contributed by atoms with van der Waals surface area (Å²) in [5.74, 6) is -2.53. The van der Waals surface area contributed by atoms with Crippen LogP contribution in [0.5, 0.6) is 0 Å². The Morgan fingerprint density at radius 1 is 0.962 bits per heavy atom. The number of Topliss-reactive ketones (excluding diaryl/α,β-unsaturated/α-hetero) is 2. The average Bonchev–Trinajstić information content (AvgIpc) is 2.95. The molecule has 0 bridgehead atoms. The van der Waals surface area contributed by atoms with Crippen LogP contribution in [0.15, 0.2) is 18.2 Å². The van der Waals surface area contributed by atoms with Gasteiger partial charge in [-0.25, -0.2) is 0 Å². The third kappa shape index (κ3) is 6.40. The Morgan fingerprint density at radius 3 is 2.23 bits per heavy atom. The van der Waals surface area contributed by atoms with Gasteiger partial charge in [-0.2, -0.15) is 0 Å². The van der Waals surface area contributed by atoms with E-state index in [1.165, 1.54) is 5.56 Å². The lowest BCUT2D eigenvalue weighted by atomic mass is 9.96. The number of benzene rings is 1. The SMILES string of the molecule is O=C(CCCCCCCCCc1ccc(Cl)c(Cl)c1)C1C(=O)COC1=O. The minimum Gasteiger partial charge on any atom is -0.457 e. The van der Waals surface area contributed by atoms with Crippen molar-refractivity contribution in [3.05, 3.63) is 33.8 Å². The highest BCUT2D eigenvalue weighted by Gasteiger charge is 2.40. The number of carbonyl (C=O) groups is 3. The standard InChI is InChI=1S/C20H24Cl2O4/c21-15-11-10-14(12-16(15)22)8-6-4-2-1-3-5-7-9-17(23)19-18(24)13-26-20(19)25/h10-12,19H,1-9,13H2. The summed E-state index contributed by atoms with van der Waals surface area (Å²) in [5, 5.41) is 1.19. The molecular formula is C20H24Cl2O4. The fourth-order valence-electron chi connectivity index (χ4n) is 3.10. The van der Waals surface area contributed by atoms with Gasteiger partial charge in [-0.15, -0.1) is 0 Å². The number of ketones is 2. The number of rotatable bonds is 11. The van der Waals surface area contributed by atoms with E-state index in [4.69, 9.17) is 23.2 Å². The van der Waals surface area contributed by atoms with Crippen LogP contribution in [-0.2, 0) is 25.5 Å². The van der Waals surface area contributed by atoms with E-state index >= 15 is 0 Å². The molecule has 1 unspecified atom stereocenters. The van der Waals surface area contributed by atoms with E-state index in [1.807, 2.05) is 18.2 Å². The quantitative estimate of drug-likeness (QED) is 0.300. The van der Waals surface area contributed by atoms with Crippen LogP contribution in [0.4, 0.5) is 0 Å². The first-order valence-electron chi connectivity index (χ1n) is 9.15. The maximum Gasteiger partial charge on any atom is 0.324 e. The summed E-state index contributed by atoms with van der Waals surface area (Å²) in [6, 6.07) is 5.77. The monoisotopic (exact) mass is 398 g/mol. The summed E-state index contributed by atoms with van der Waals surface area (Å²) >= 11 is 11.9. The van der Waals surface area contributed by atoms with Crippen LogP contribution in [0.25, 0.3) is 0 Å². The van der Waals surface area contributed by atoms with Crippen molar-refractivity contribution < 1.29 is 19.1 Å². The number of hydrogen-bond donors (Lipinski definition) is 0. The van der Waals surface area contributed by atoms with Gasteiger partial charge in [0.05, 0.1) is 10.0 Å². The summed E-state index contributed by atoms with van der Waals surface area (Å²) < 4.78 is 4.60. The first-order valence-corrected chi connectivity index (χ1v) is 9.90. The van der Waals surface area contributed by atoms with Crippen molar-refractivity contribution in [1.82, 2.24) is 0 Å². The first-order chi connectivity index (χ1) is 12.5. The Labute approximate surface area is 164 Å². The molecule has 0 saturated carbocycles. The molecule has 2 rings (SSSR count). The Bertz CT molecular complexity index is 641. The van der Waals surface area contributed by atoms with Gasteiger partial charge in [0.1, 0.15) is 0 Å². The van der Waals surface area contributed by atoms with E-state index in [0.717, 1.165) is 51.4 Å². The lowest BCUT2D eigenvalue weighted by Crippen LogP contribution is -2.25. The summed E-state index contributed by atoms with van der Waals surface area (Å²) in [4.78, 5) is 34.6. The number of esters is 1. The zero-order valence-corrected chi connectivity index (χ0v) is 16.3. The molecule has 0 N–H and O–H groups in total. The molecule has 1 saturated heterocycles. The maximum absolute atomic E-state index is 11.9. The third-order valence-corrected chi connectivity index (χ3v) is 5.35. The molecule has 26 heavy (non-hydrogen) atoms. The van der Waals surface area contributed by atoms with Crippen LogP contribution >= 0.6 is 23.2 Å². The fourth-order valence-corrected chi connectivity index (χ4v) is 3.42. The Balaban J connectivity index is 1.48. The average molecular weight is 399 g/mol. The van der Waals surface area contributed by atoms with Crippen molar-refractivity contribution in [3.63, 3.8) is 0 Å². The van der Waals surface area contributed by atoms with Gasteiger partial charge < -0.3 is 4.74 Å². The van der Waals surface area contributed by atoms with E-state index in [2.05, 4.69) is 4.74 Å². The van der Waals surface area contributed by atoms with Crippen LogP contribution in [0.3, 0.4) is 0 Å². The van der Waals surface area contributed by atoms with E-state index in [1.54, 1.807) is 0 Å². The predicted octanol–water partition coefficient (Wildman–Crippen LogP) is 4.97. The van der Waals surface area contributed by atoms with Crippen molar-refractivity contribution in [2.24, 2.45) is 5.92 Å². The van der Waals surface area contributed by atoms with Crippen LogP contribution < -0.4 is 0 Å². The molecule has 0 radical (unpaired) electrons. The molecule has 1 aromatic carbocycles. The number of cyclic esters (lactones) is 1. The molecule has 1 aliphatic heterocycles. The highest BCUT2D eigenvalue weighted by Crippen LogP contribution is 2.23. The van der Waals surface area contributed by atoms with E-state index in [-0.39, 0.29) is 18.8 Å². The molecule has 0 amide bonds. The van der Waals surface area contributed by atoms with Gasteiger partial charge in [-0.1, -0.05) is 61.4 Å². The first kappa shape index (κ1) is 20.9.